The molecule has 1 unspecified atom stereocenters. The van der Waals surface area contributed by atoms with Gasteiger partial charge in [-0.05, 0) is 35.9 Å². The van der Waals surface area contributed by atoms with Crippen molar-refractivity contribution in [3.05, 3.63) is 54.0 Å². The first-order valence-corrected chi connectivity index (χ1v) is 8.33. The summed E-state index contributed by atoms with van der Waals surface area (Å²) in [5.74, 6) is 2.18. The predicted octanol–water partition coefficient (Wildman–Crippen LogP) is 3.14. The Bertz CT molecular complexity index is 685. The van der Waals surface area contributed by atoms with Crippen molar-refractivity contribution in [2.24, 2.45) is 0 Å². The van der Waals surface area contributed by atoms with Crippen molar-refractivity contribution in [2.75, 3.05) is 11.6 Å². The van der Waals surface area contributed by atoms with Crippen LogP contribution >= 0.6 is 36.6 Å². The summed E-state index contributed by atoms with van der Waals surface area (Å²) >= 11 is 1.71. The van der Waals surface area contributed by atoms with E-state index in [1.807, 2.05) is 6.07 Å². The highest BCUT2D eigenvalue weighted by Gasteiger charge is 2.21. The molecule has 1 aromatic carbocycles. The number of pyridine rings is 1. The van der Waals surface area contributed by atoms with Gasteiger partial charge in [-0.3, -0.25) is 10.1 Å². The summed E-state index contributed by atoms with van der Waals surface area (Å²) in [6.45, 7) is 0.407. The third-order valence-corrected chi connectivity index (χ3v) is 4.27. The van der Waals surface area contributed by atoms with Crippen LogP contribution in [0.25, 0.3) is 0 Å². The number of ether oxygens (including phenoxy) is 1. The van der Waals surface area contributed by atoms with Gasteiger partial charge in [0.15, 0.2) is 0 Å². The van der Waals surface area contributed by atoms with Gasteiger partial charge < -0.3 is 10.1 Å². The molecule has 2 heterocycles. The molecule has 0 saturated carbocycles. The minimum absolute atomic E-state index is 0. The van der Waals surface area contributed by atoms with Gasteiger partial charge in [0.05, 0.1) is 6.04 Å². The molecule has 3 rings (SSSR count). The van der Waals surface area contributed by atoms with Crippen LogP contribution < -0.4 is 15.4 Å². The molecule has 0 spiro atoms. The Hall–Kier alpha value is -1.54. The molecule has 1 aliphatic heterocycles. The van der Waals surface area contributed by atoms with Crippen molar-refractivity contribution in [3.63, 3.8) is 0 Å². The van der Waals surface area contributed by atoms with E-state index < -0.39 is 0 Å². The number of hydrogen-bond acceptors (Lipinski definition) is 5. The summed E-state index contributed by atoms with van der Waals surface area (Å²) in [6, 6.07) is 9.16. The van der Waals surface area contributed by atoms with E-state index in [0.29, 0.717) is 18.2 Å². The zero-order valence-corrected chi connectivity index (χ0v) is 15.6. The zero-order valence-electron chi connectivity index (χ0n) is 13.1. The van der Waals surface area contributed by atoms with E-state index in [2.05, 4.69) is 15.6 Å². The van der Waals surface area contributed by atoms with Crippen LogP contribution in [0.1, 0.15) is 5.56 Å². The number of amides is 1. The Balaban J connectivity index is 0.00000156. The topological polar surface area (TPSA) is 63.2 Å². The standard InChI is InChI=1S/C16H16FN3O2S.2ClH/c17-12-1-3-13(4-2-12)22-15-7-11(5-6-18-15)8-19-16(21)14-9-23-10-20-14;;/h1-7,14,20H,8-10H2,(H,19,21);2*1H. The number of carbonyl (C=O) groups is 1. The lowest BCUT2D eigenvalue weighted by Crippen LogP contribution is -2.41. The fraction of sp³-hybridized carbons (Fsp3) is 0.250. The molecule has 1 atom stereocenters. The lowest BCUT2D eigenvalue weighted by Gasteiger charge is -2.11. The lowest BCUT2D eigenvalue weighted by atomic mass is 10.2. The fourth-order valence-electron chi connectivity index (χ4n) is 2.12. The third kappa shape index (κ3) is 6.36. The number of nitrogens with zero attached hydrogens (tertiary/aromatic N) is 1. The van der Waals surface area contributed by atoms with Crippen LogP contribution in [-0.4, -0.2) is 28.6 Å². The Morgan fingerprint density at radius 3 is 2.76 bits per heavy atom. The van der Waals surface area contributed by atoms with Crippen LogP contribution in [-0.2, 0) is 11.3 Å². The highest BCUT2D eigenvalue weighted by atomic mass is 35.5. The highest BCUT2D eigenvalue weighted by Crippen LogP contribution is 2.20. The number of carbonyl (C=O) groups excluding carboxylic acids is 1. The first-order chi connectivity index (χ1) is 11.2. The summed E-state index contributed by atoms with van der Waals surface area (Å²) in [7, 11) is 0. The molecular weight excluding hydrogens is 388 g/mol. The number of nitrogens with one attached hydrogen (secondary N) is 2. The molecule has 1 aliphatic rings. The molecule has 0 radical (unpaired) electrons. The molecule has 2 N–H and O–H groups in total. The maximum Gasteiger partial charge on any atom is 0.238 e. The summed E-state index contributed by atoms with van der Waals surface area (Å²) < 4.78 is 18.5. The minimum atomic E-state index is -0.319. The lowest BCUT2D eigenvalue weighted by molar-refractivity contribution is -0.122. The van der Waals surface area contributed by atoms with Gasteiger partial charge in [0.2, 0.25) is 11.8 Å². The van der Waals surface area contributed by atoms with E-state index in [-0.39, 0.29) is 42.6 Å². The second-order valence-corrected chi connectivity index (χ2v) is 6.08. The van der Waals surface area contributed by atoms with E-state index in [1.165, 1.54) is 24.3 Å². The summed E-state index contributed by atoms with van der Waals surface area (Å²) in [5.41, 5.74) is 0.885. The summed E-state index contributed by atoms with van der Waals surface area (Å²) in [5, 5.41) is 6.02. The number of aromatic nitrogens is 1. The Labute approximate surface area is 161 Å². The maximum atomic E-state index is 12.9. The number of benzene rings is 1. The van der Waals surface area contributed by atoms with Gasteiger partial charge >= 0.3 is 0 Å². The summed E-state index contributed by atoms with van der Waals surface area (Å²) in [4.78, 5) is 16.1. The largest absolute Gasteiger partial charge is 0.439 e. The minimum Gasteiger partial charge on any atom is -0.439 e. The van der Waals surface area contributed by atoms with E-state index in [0.717, 1.165) is 17.2 Å². The molecular formula is C16H18Cl2FN3O2S. The van der Waals surface area contributed by atoms with E-state index in [4.69, 9.17) is 4.74 Å². The Kier molecular flexibility index (Phi) is 8.99. The molecule has 1 fully saturated rings. The van der Waals surface area contributed by atoms with Gasteiger partial charge in [0.1, 0.15) is 11.6 Å². The van der Waals surface area contributed by atoms with E-state index in [9.17, 15) is 9.18 Å². The average Bonchev–Trinajstić information content (AvgIpc) is 3.10. The summed E-state index contributed by atoms with van der Waals surface area (Å²) in [6.07, 6.45) is 1.62. The molecule has 136 valence electrons. The number of thioether (sulfide) groups is 1. The molecule has 1 saturated heterocycles. The molecule has 1 amide bonds. The van der Waals surface area contributed by atoms with Crippen LogP contribution in [0.3, 0.4) is 0 Å². The molecule has 9 heteroatoms. The molecule has 5 nitrogen and oxygen atoms in total. The van der Waals surface area contributed by atoms with Crippen molar-refractivity contribution in [1.82, 2.24) is 15.6 Å². The van der Waals surface area contributed by atoms with Crippen molar-refractivity contribution in [3.8, 4) is 11.6 Å². The van der Waals surface area contributed by atoms with Gasteiger partial charge in [0.25, 0.3) is 0 Å². The number of halogens is 3. The monoisotopic (exact) mass is 405 g/mol. The van der Waals surface area contributed by atoms with Gasteiger partial charge in [-0.15, -0.1) is 36.6 Å². The normalized spacial score (nSPS) is 15.6. The number of rotatable bonds is 5. The van der Waals surface area contributed by atoms with Crippen LogP contribution in [0.15, 0.2) is 42.6 Å². The fourth-order valence-corrected chi connectivity index (χ4v) is 3.06. The first kappa shape index (κ1) is 21.5. The van der Waals surface area contributed by atoms with Gasteiger partial charge in [0, 0.05) is 30.4 Å². The SMILES string of the molecule is Cl.Cl.O=C(NCc1ccnc(Oc2ccc(F)cc2)c1)C1CSCN1. The van der Waals surface area contributed by atoms with Crippen molar-refractivity contribution in [1.29, 1.82) is 0 Å². The van der Waals surface area contributed by atoms with Crippen molar-refractivity contribution < 1.29 is 13.9 Å². The second kappa shape index (κ2) is 10.5. The molecule has 1 aromatic heterocycles. The van der Waals surface area contributed by atoms with Crippen molar-refractivity contribution in [2.45, 2.75) is 12.6 Å². The quantitative estimate of drug-likeness (QED) is 0.799. The van der Waals surface area contributed by atoms with E-state index in [1.54, 1.807) is 24.0 Å². The van der Waals surface area contributed by atoms with Gasteiger partial charge in [-0.25, -0.2) is 9.37 Å². The number of hydrogen-bond donors (Lipinski definition) is 2. The van der Waals surface area contributed by atoms with Crippen LogP contribution in [0.4, 0.5) is 4.39 Å². The Morgan fingerprint density at radius 2 is 2.08 bits per heavy atom. The van der Waals surface area contributed by atoms with Crippen molar-refractivity contribution >= 4 is 42.5 Å². The predicted molar refractivity (Wildman–Crippen MR) is 101 cm³/mol. The highest BCUT2D eigenvalue weighted by molar-refractivity contribution is 7.99. The molecule has 0 bridgehead atoms. The van der Waals surface area contributed by atoms with Crippen LogP contribution in [0, 0.1) is 5.82 Å². The van der Waals surface area contributed by atoms with Crippen LogP contribution in [0.2, 0.25) is 0 Å². The average molecular weight is 406 g/mol. The molecule has 2 aromatic rings. The Morgan fingerprint density at radius 1 is 1.32 bits per heavy atom. The van der Waals surface area contributed by atoms with Gasteiger partial charge in [-0.1, -0.05) is 0 Å². The van der Waals surface area contributed by atoms with Gasteiger partial charge in [-0.2, -0.15) is 0 Å². The smallest absolute Gasteiger partial charge is 0.238 e. The third-order valence-electron chi connectivity index (χ3n) is 3.33. The zero-order chi connectivity index (χ0) is 16.1. The molecule has 0 aliphatic carbocycles. The molecule has 25 heavy (non-hydrogen) atoms. The first-order valence-electron chi connectivity index (χ1n) is 7.18. The van der Waals surface area contributed by atoms with Crippen LogP contribution in [0.5, 0.6) is 11.6 Å². The maximum absolute atomic E-state index is 12.9. The van der Waals surface area contributed by atoms with E-state index >= 15 is 0 Å². The second-order valence-electron chi connectivity index (χ2n) is 5.05.